The fourth-order valence-electron chi connectivity index (χ4n) is 3.50. The fourth-order valence-corrected chi connectivity index (χ4v) is 3.50. The maximum Gasteiger partial charge on any atom is 0.320 e. The van der Waals surface area contributed by atoms with Gasteiger partial charge in [-0.1, -0.05) is 12.1 Å². The molecule has 0 aliphatic carbocycles. The highest BCUT2D eigenvalue weighted by molar-refractivity contribution is 5.75. The number of likely N-dealkylation sites (tertiary alicyclic amines) is 1. The van der Waals surface area contributed by atoms with Gasteiger partial charge in [0, 0.05) is 0 Å². The Hall–Kier alpha value is -1.53. The molecule has 6 heteroatoms. The largest absolute Gasteiger partial charge is 0.320 e. The number of alkyl halides is 2. The average Bonchev–Trinajstić information content (AvgIpc) is 2.92. The standard InChI is InChI=1S/C18H26F2N4/c1-22(2)10-7-14-8-11-23(12-9-14)13-17-21-15-5-3-4-6-16(15)24(17)18(19)20/h3-6,14,18H,7-13H2,1-2H3. The minimum atomic E-state index is -2.55. The molecule has 0 atom stereocenters. The van der Waals surface area contributed by atoms with Crippen molar-refractivity contribution in [3.05, 3.63) is 30.1 Å². The van der Waals surface area contributed by atoms with Crippen LogP contribution in [0.3, 0.4) is 0 Å². The van der Waals surface area contributed by atoms with E-state index in [2.05, 4.69) is 28.9 Å². The van der Waals surface area contributed by atoms with E-state index in [1.165, 1.54) is 6.42 Å². The van der Waals surface area contributed by atoms with Crippen LogP contribution < -0.4 is 0 Å². The molecule has 24 heavy (non-hydrogen) atoms. The molecule has 1 aliphatic heterocycles. The van der Waals surface area contributed by atoms with E-state index in [1.54, 1.807) is 18.2 Å². The Morgan fingerprint density at radius 1 is 1.21 bits per heavy atom. The summed E-state index contributed by atoms with van der Waals surface area (Å²) in [6.07, 6.45) is 3.50. The summed E-state index contributed by atoms with van der Waals surface area (Å²) in [6, 6.07) is 7.13. The molecule has 0 spiro atoms. The SMILES string of the molecule is CN(C)CCC1CCN(Cc2nc3ccccc3n2C(F)F)CC1. The van der Waals surface area contributed by atoms with Crippen LogP contribution in [0.4, 0.5) is 8.78 Å². The zero-order valence-electron chi connectivity index (χ0n) is 14.5. The number of nitrogens with zero attached hydrogens (tertiary/aromatic N) is 4. The molecule has 3 rings (SSSR count). The monoisotopic (exact) mass is 336 g/mol. The number of fused-ring (bicyclic) bond motifs is 1. The lowest BCUT2D eigenvalue weighted by atomic mass is 9.93. The molecule has 0 saturated carbocycles. The van der Waals surface area contributed by atoms with Gasteiger partial charge in [0.05, 0.1) is 17.6 Å². The third kappa shape index (κ3) is 3.92. The smallest absolute Gasteiger partial charge is 0.309 e. The third-order valence-electron chi connectivity index (χ3n) is 4.92. The van der Waals surface area contributed by atoms with Crippen LogP contribution in [0.25, 0.3) is 11.0 Å². The van der Waals surface area contributed by atoms with Gasteiger partial charge in [0.25, 0.3) is 0 Å². The summed E-state index contributed by atoms with van der Waals surface area (Å²) in [5, 5.41) is 0. The van der Waals surface area contributed by atoms with E-state index >= 15 is 0 Å². The van der Waals surface area contributed by atoms with Crippen molar-refractivity contribution in [2.45, 2.75) is 32.4 Å². The second kappa shape index (κ2) is 7.57. The summed E-state index contributed by atoms with van der Waals surface area (Å²) in [4.78, 5) is 8.92. The van der Waals surface area contributed by atoms with Gasteiger partial charge in [0.15, 0.2) is 0 Å². The van der Waals surface area contributed by atoms with E-state index in [1.807, 2.05) is 6.07 Å². The zero-order chi connectivity index (χ0) is 17.1. The Bertz CT molecular complexity index is 660. The van der Waals surface area contributed by atoms with E-state index in [-0.39, 0.29) is 0 Å². The molecule has 0 radical (unpaired) electrons. The lowest BCUT2D eigenvalue weighted by Gasteiger charge is -2.32. The zero-order valence-corrected chi connectivity index (χ0v) is 14.5. The third-order valence-corrected chi connectivity index (χ3v) is 4.92. The van der Waals surface area contributed by atoms with Crippen molar-refractivity contribution in [3.63, 3.8) is 0 Å². The normalized spacial score (nSPS) is 17.4. The summed E-state index contributed by atoms with van der Waals surface area (Å²) in [6.45, 7) is 0.991. The van der Waals surface area contributed by atoms with Crippen LogP contribution in [0.5, 0.6) is 0 Å². The van der Waals surface area contributed by atoms with Gasteiger partial charge in [-0.3, -0.25) is 9.47 Å². The summed E-state index contributed by atoms with van der Waals surface area (Å²) < 4.78 is 28.0. The van der Waals surface area contributed by atoms with Gasteiger partial charge in [-0.15, -0.1) is 0 Å². The average molecular weight is 336 g/mol. The first-order valence-corrected chi connectivity index (χ1v) is 8.65. The Labute approximate surface area is 142 Å². The maximum absolute atomic E-state index is 13.5. The molecule has 0 unspecified atom stereocenters. The Balaban J connectivity index is 1.65. The van der Waals surface area contributed by atoms with Gasteiger partial charge in [-0.2, -0.15) is 8.78 Å². The van der Waals surface area contributed by atoms with Gasteiger partial charge in [-0.05, 0) is 71.0 Å². The molecule has 132 valence electrons. The van der Waals surface area contributed by atoms with Crippen LogP contribution in [0.2, 0.25) is 0 Å². The first-order chi connectivity index (χ1) is 11.5. The highest BCUT2D eigenvalue weighted by Crippen LogP contribution is 2.26. The first kappa shape index (κ1) is 17.3. The van der Waals surface area contributed by atoms with Crippen molar-refractivity contribution < 1.29 is 8.78 Å². The van der Waals surface area contributed by atoms with Crippen LogP contribution in [-0.4, -0.2) is 53.1 Å². The molecule has 1 fully saturated rings. The molecule has 0 bridgehead atoms. The number of benzene rings is 1. The molecule has 0 amide bonds. The molecular formula is C18H26F2N4. The van der Waals surface area contributed by atoms with Crippen LogP contribution in [0, 0.1) is 5.92 Å². The number of para-hydroxylation sites is 2. The topological polar surface area (TPSA) is 24.3 Å². The molecule has 1 aliphatic rings. The van der Waals surface area contributed by atoms with E-state index in [4.69, 9.17) is 0 Å². The highest BCUT2D eigenvalue weighted by atomic mass is 19.3. The van der Waals surface area contributed by atoms with Crippen LogP contribution in [0.1, 0.15) is 31.6 Å². The van der Waals surface area contributed by atoms with Crippen molar-refractivity contribution in [2.24, 2.45) is 5.92 Å². The molecule has 1 aromatic carbocycles. The van der Waals surface area contributed by atoms with Gasteiger partial charge >= 0.3 is 6.55 Å². The molecule has 4 nitrogen and oxygen atoms in total. The minimum absolute atomic E-state index is 0.470. The lowest BCUT2D eigenvalue weighted by molar-refractivity contribution is 0.0665. The summed E-state index contributed by atoms with van der Waals surface area (Å²) >= 11 is 0. The van der Waals surface area contributed by atoms with Crippen LogP contribution >= 0.6 is 0 Å². The van der Waals surface area contributed by atoms with E-state index < -0.39 is 6.55 Å². The molecular weight excluding hydrogens is 310 g/mol. The maximum atomic E-state index is 13.5. The number of aromatic nitrogens is 2. The van der Waals surface area contributed by atoms with Crippen molar-refractivity contribution >= 4 is 11.0 Å². The summed E-state index contributed by atoms with van der Waals surface area (Å²) in [5.41, 5.74) is 1.16. The van der Waals surface area contributed by atoms with Gasteiger partial charge in [0.2, 0.25) is 0 Å². The van der Waals surface area contributed by atoms with Gasteiger partial charge < -0.3 is 4.90 Å². The minimum Gasteiger partial charge on any atom is -0.309 e. The lowest BCUT2D eigenvalue weighted by Crippen LogP contribution is -2.35. The summed E-state index contributed by atoms with van der Waals surface area (Å²) in [5.74, 6) is 1.22. The predicted molar refractivity (Wildman–Crippen MR) is 92.2 cm³/mol. The Morgan fingerprint density at radius 3 is 2.58 bits per heavy atom. The fraction of sp³-hybridized carbons (Fsp3) is 0.611. The van der Waals surface area contributed by atoms with Crippen molar-refractivity contribution in [1.82, 2.24) is 19.4 Å². The number of imidazole rings is 1. The quantitative estimate of drug-likeness (QED) is 0.806. The molecule has 1 saturated heterocycles. The van der Waals surface area contributed by atoms with Crippen molar-refractivity contribution in [3.8, 4) is 0 Å². The van der Waals surface area contributed by atoms with Crippen LogP contribution in [0.15, 0.2) is 24.3 Å². The number of halogens is 2. The van der Waals surface area contributed by atoms with Gasteiger partial charge in [0.1, 0.15) is 5.82 Å². The number of rotatable bonds is 6. The molecule has 2 heterocycles. The second-order valence-electron chi connectivity index (χ2n) is 6.98. The highest BCUT2D eigenvalue weighted by Gasteiger charge is 2.23. The van der Waals surface area contributed by atoms with Crippen molar-refractivity contribution in [1.29, 1.82) is 0 Å². The van der Waals surface area contributed by atoms with Crippen molar-refractivity contribution in [2.75, 3.05) is 33.7 Å². The second-order valence-corrected chi connectivity index (χ2v) is 6.98. The van der Waals surface area contributed by atoms with Crippen LogP contribution in [-0.2, 0) is 6.54 Å². The van der Waals surface area contributed by atoms with E-state index in [0.29, 0.717) is 23.4 Å². The molecule has 0 N–H and O–H groups in total. The summed E-state index contributed by atoms with van der Waals surface area (Å²) in [7, 11) is 4.20. The van der Waals surface area contributed by atoms with Gasteiger partial charge in [-0.25, -0.2) is 4.98 Å². The predicted octanol–water partition coefficient (Wildman–Crippen LogP) is 3.60. The van der Waals surface area contributed by atoms with E-state index in [0.717, 1.165) is 43.0 Å². The first-order valence-electron chi connectivity index (χ1n) is 8.65. The Morgan fingerprint density at radius 2 is 1.92 bits per heavy atom. The molecule has 1 aromatic heterocycles. The number of hydrogen-bond acceptors (Lipinski definition) is 3. The Kier molecular flexibility index (Phi) is 5.46. The van der Waals surface area contributed by atoms with E-state index in [9.17, 15) is 8.78 Å². The molecule has 2 aromatic rings. The number of hydrogen-bond donors (Lipinski definition) is 0. The number of piperidine rings is 1.